The number of aliphatic hydroxyl groups excluding tert-OH is 1. The molecule has 0 aromatic heterocycles. The molecule has 0 saturated carbocycles. The summed E-state index contributed by atoms with van der Waals surface area (Å²) in [5.74, 6) is 0. The summed E-state index contributed by atoms with van der Waals surface area (Å²) in [6.07, 6.45) is 1.31. The van der Waals surface area contributed by atoms with Crippen LogP contribution in [0.1, 0.15) is 43.4 Å². The van der Waals surface area contributed by atoms with Gasteiger partial charge in [-0.1, -0.05) is 61.4 Å². The zero-order valence-electron chi connectivity index (χ0n) is 14.1. The van der Waals surface area contributed by atoms with Gasteiger partial charge in [0.1, 0.15) is 0 Å². The third-order valence-corrected chi connectivity index (χ3v) is 5.45. The van der Waals surface area contributed by atoms with Gasteiger partial charge in [0.15, 0.2) is 0 Å². The smallest absolute Gasteiger partial charge is 0.241 e. The molecule has 2 N–H and O–H groups in total. The summed E-state index contributed by atoms with van der Waals surface area (Å²) in [7, 11) is -3.65. The van der Waals surface area contributed by atoms with Crippen molar-refractivity contribution in [3.05, 3.63) is 65.7 Å². The van der Waals surface area contributed by atoms with E-state index in [4.69, 9.17) is 0 Å². The molecular weight excluding hydrogens is 322 g/mol. The Morgan fingerprint density at radius 1 is 1.04 bits per heavy atom. The second kappa shape index (κ2) is 8.42. The monoisotopic (exact) mass is 347 g/mol. The van der Waals surface area contributed by atoms with Crippen LogP contribution in [0.5, 0.6) is 0 Å². The fourth-order valence-electron chi connectivity index (χ4n) is 2.63. The molecule has 0 amide bonds. The molecule has 2 atom stereocenters. The number of hydrogen-bond acceptors (Lipinski definition) is 3. The van der Waals surface area contributed by atoms with Crippen LogP contribution in [-0.4, -0.2) is 19.6 Å². The highest BCUT2D eigenvalue weighted by molar-refractivity contribution is 7.89. The number of aliphatic hydroxyl groups is 1. The van der Waals surface area contributed by atoms with E-state index in [1.807, 2.05) is 44.2 Å². The highest BCUT2D eigenvalue weighted by atomic mass is 32.2. The summed E-state index contributed by atoms with van der Waals surface area (Å²) in [6, 6.07) is 15.7. The number of hydrogen-bond donors (Lipinski definition) is 2. The normalized spacial score (nSPS) is 14.3. The maximum Gasteiger partial charge on any atom is 0.241 e. The van der Waals surface area contributed by atoms with Gasteiger partial charge in [0.25, 0.3) is 0 Å². The van der Waals surface area contributed by atoms with Crippen molar-refractivity contribution in [2.75, 3.05) is 0 Å². The molecule has 0 aliphatic carbocycles. The number of rotatable bonds is 8. The SMILES string of the molecule is CCC[C@H](O)C[C@H](NS(=O)(=O)c1ccc(C)cc1)c1ccccc1. The molecule has 0 bridgehead atoms. The third-order valence-electron chi connectivity index (χ3n) is 3.96. The summed E-state index contributed by atoms with van der Waals surface area (Å²) in [5.41, 5.74) is 1.86. The minimum atomic E-state index is -3.65. The van der Waals surface area contributed by atoms with Gasteiger partial charge in [0, 0.05) is 6.04 Å². The minimum Gasteiger partial charge on any atom is -0.393 e. The van der Waals surface area contributed by atoms with E-state index >= 15 is 0 Å². The zero-order valence-corrected chi connectivity index (χ0v) is 15.0. The highest BCUT2D eigenvalue weighted by Crippen LogP contribution is 2.23. The average molecular weight is 347 g/mol. The molecule has 130 valence electrons. The van der Waals surface area contributed by atoms with E-state index in [0.29, 0.717) is 12.8 Å². The maximum absolute atomic E-state index is 12.7. The molecule has 0 spiro atoms. The van der Waals surface area contributed by atoms with Crippen LogP contribution in [-0.2, 0) is 10.0 Å². The zero-order chi connectivity index (χ0) is 17.6. The van der Waals surface area contributed by atoms with Gasteiger partial charge >= 0.3 is 0 Å². The van der Waals surface area contributed by atoms with Crippen molar-refractivity contribution in [1.29, 1.82) is 0 Å². The van der Waals surface area contributed by atoms with Crippen molar-refractivity contribution >= 4 is 10.0 Å². The Hall–Kier alpha value is -1.69. The number of aryl methyl sites for hydroxylation is 1. The van der Waals surface area contributed by atoms with Gasteiger partial charge in [-0.3, -0.25) is 0 Å². The fourth-order valence-corrected chi connectivity index (χ4v) is 3.87. The Morgan fingerprint density at radius 3 is 2.25 bits per heavy atom. The Morgan fingerprint density at radius 2 is 1.67 bits per heavy atom. The molecule has 24 heavy (non-hydrogen) atoms. The summed E-state index contributed by atoms with van der Waals surface area (Å²) in [4.78, 5) is 0.235. The van der Waals surface area contributed by atoms with E-state index in [1.165, 1.54) is 0 Å². The van der Waals surface area contributed by atoms with E-state index in [2.05, 4.69) is 4.72 Å². The first kappa shape index (κ1) is 18.6. The van der Waals surface area contributed by atoms with Crippen molar-refractivity contribution in [2.24, 2.45) is 0 Å². The van der Waals surface area contributed by atoms with Gasteiger partial charge in [-0.05, 0) is 37.5 Å². The van der Waals surface area contributed by atoms with Crippen molar-refractivity contribution < 1.29 is 13.5 Å². The Kier molecular flexibility index (Phi) is 6.54. The molecule has 2 aromatic carbocycles. The van der Waals surface area contributed by atoms with Crippen LogP contribution < -0.4 is 4.72 Å². The van der Waals surface area contributed by atoms with Gasteiger partial charge < -0.3 is 5.11 Å². The van der Waals surface area contributed by atoms with E-state index < -0.39 is 22.2 Å². The van der Waals surface area contributed by atoms with Crippen LogP contribution in [0.2, 0.25) is 0 Å². The number of benzene rings is 2. The second-order valence-corrected chi connectivity index (χ2v) is 7.79. The first-order valence-corrected chi connectivity index (χ1v) is 9.72. The molecule has 0 aliphatic heterocycles. The molecule has 2 aromatic rings. The lowest BCUT2D eigenvalue weighted by Crippen LogP contribution is -2.31. The minimum absolute atomic E-state index is 0.235. The summed E-state index contributed by atoms with van der Waals surface area (Å²) in [6.45, 7) is 3.91. The lowest BCUT2D eigenvalue weighted by atomic mass is 9.99. The largest absolute Gasteiger partial charge is 0.393 e. The highest BCUT2D eigenvalue weighted by Gasteiger charge is 2.23. The van der Waals surface area contributed by atoms with Gasteiger partial charge in [-0.2, -0.15) is 0 Å². The van der Waals surface area contributed by atoms with Crippen molar-refractivity contribution in [2.45, 2.75) is 50.2 Å². The summed E-state index contributed by atoms with van der Waals surface area (Å²) in [5, 5.41) is 10.1. The van der Waals surface area contributed by atoms with Crippen LogP contribution in [0.3, 0.4) is 0 Å². The maximum atomic E-state index is 12.7. The Labute approximate surface area is 144 Å². The van der Waals surface area contributed by atoms with Crippen LogP contribution in [0.15, 0.2) is 59.5 Å². The number of nitrogens with one attached hydrogen (secondary N) is 1. The Bertz CT molecular complexity index is 727. The van der Waals surface area contributed by atoms with Crippen LogP contribution in [0.25, 0.3) is 0 Å². The van der Waals surface area contributed by atoms with E-state index in [0.717, 1.165) is 17.5 Å². The molecular formula is C19H25NO3S. The lowest BCUT2D eigenvalue weighted by molar-refractivity contribution is 0.142. The molecule has 4 nitrogen and oxygen atoms in total. The van der Waals surface area contributed by atoms with Crippen LogP contribution in [0.4, 0.5) is 0 Å². The summed E-state index contributed by atoms with van der Waals surface area (Å²) < 4.78 is 28.1. The first-order chi connectivity index (χ1) is 11.4. The summed E-state index contributed by atoms with van der Waals surface area (Å²) >= 11 is 0. The Balaban J connectivity index is 2.25. The predicted octanol–water partition coefficient (Wildman–Crippen LogP) is 3.57. The molecule has 0 unspecified atom stereocenters. The molecule has 0 heterocycles. The fraction of sp³-hybridized carbons (Fsp3) is 0.368. The molecule has 5 heteroatoms. The third kappa shape index (κ3) is 5.16. The molecule has 2 rings (SSSR count). The molecule has 0 saturated heterocycles. The van der Waals surface area contributed by atoms with Gasteiger partial charge in [0.05, 0.1) is 11.0 Å². The number of sulfonamides is 1. The van der Waals surface area contributed by atoms with Gasteiger partial charge in [0.2, 0.25) is 10.0 Å². The molecule has 0 aliphatic rings. The van der Waals surface area contributed by atoms with Crippen molar-refractivity contribution in [3.8, 4) is 0 Å². The van der Waals surface area contributed by atoms with E-state index in [1.54, 1.807) is 24.3 Å². The second-order valence-electron chi connectivity index (χ2n) is 6.08. The standard InChI is InChI=1S/C19H25NO3S/c1-3-7-17(21)14-19(16-8-5-4-6-9-16)20-24(22,23)18-12-10-15(2)11-13-18/h4-6,8-13,17,19-21H,3,7,14H2,1-2H3/t17-,19-/m0/s1. The predicted molar refractivity (Wildman–Crippen MR) is 96.2 cm³/mol. The van der Waals surface area contributed by atoms with E-state index in [9.17, 15) is 13.5 Å². The molecule has 0 radical (unpaired) electrons. The van der Waals surface area contributed by atoms with Crippen LogP contribution in [0, 0.1) is 6.92 Å². The topological polar surface area (TPSA) is 66.4 Å². The quantitative estimate of drug-likeness (QED) is 0.767. The van der Waals surface area contributed by atoms with E-state index in [-0.39, 0.29) is 4.90 Å². The van der Waals surface area contributed by atoms with Crippen molar-refractivity contribution in [1.82, 2.24) is 4.72 Å². The van der Waals surface area contributed by atoms with Crippen LogP contribution >= 0.6 is 0 Å². The first-order valence-electron chi connectivity index (χ1n) is 8.24. The average Bonchev–Trinajstić information content (AvgIpc) is 2.55. The van der Waals surface area contributed by atoms with Gasteiger partial charge in [-0.25, -0.2) is 13.1 Å². The van der Waals surface area contributed by atoms with Gasteiger partial charge in [-0.15, -0.1) is 0 Å². The lowest BCUT2D eigenvalue weighted by Gasteiger charge is -2.22. The molecule has 0 fully saturated rings. The van der Waals surface area contributed by atoms with Crippen molar-refractivity contribution in [3.63, 3.8) is 0 Å².